The Balaban J connectivity index is 2.08. The predicted molar refractivity (Wildman–Crippen MR) is 84.5 cm³/mol. The molecule has 1 unspecified atom stereocenters. The normalized spacial score (nSPS) is 13.1. The van der Waals surface area contributed by atoms with E-state index in [1.54, 1.807) is 24.3 Å². The number of hydrogen-bond acceptors (Lipinski definition) is 3. The predicted octanol–water partition coefficient (Wildman–Crippen LogP) is 1.69. The zero-order chi connectivity index (χ0) is 16.8. The van der Waals surface area contributed by atoms with Gasteiger partial charge in [0.25, 0.3) is 5.91 Å². The number of nitrogens with one attached hydrogen (secondary N) is 1. The third-order valence-electron chi connectivity index (χ3n) is 3.20. The van der Waals surface area contributed by atoms with Crippen LogP contribution in [0.1, 0.15) is 15.9 Å². The highest BCUT2D eigenvalue weighted by Crippen LogP contribution is 2.09. The molecule has 2 atom stereocenters. The average molecular weight is 333 g/mol. The van der Waals surface area contributed by atoms with Crippen molar-refractivity contribution >= 4 is 23.0 Å². The van der Waals surface area contributed by atoms with Crippen LogP contribution in [0.25, 0.3) is 0 Å². The maximum atomic E-state index is 12.1. The Morgan fingerprint density at radius 2 is 1.65 bits per heavy atom. The molecule has 3 N–H and O–H groups in total. The fourth-order valence-electron chi connectivity index (χ4n) is 2.01. The maximum absolute atomic E-state index is 12.1. The molecule has 2 aromatic carbocycles. The Morgan fingerprint density at radius 3 is 2.17 bits per heavy atom. The van der Waals surface area contributed by atoms with Crippen molar-refractivity contribution in [3.63, 3.8) is 0 Å². The zero-order valence-electron chi connectivity index (χ0n) is 12.0. The largest absolute Gasteiger partial charge is 0.480 e. The number of carbonyl (C=O) groups is 2. The van der Waals surface area contributed by atoms with Crippen molar-refractivity contribution in [1.82, 2.24) is 5.32 Å². The molecule has 0 aliphatic heterocycles. The van der Waals surface area contributed by atoms with Crippen LogP contribution in [0.2, 0.25) is 0 Å². The molecule has 0 aromatic heterocycles. The van der Waals surface area contributed by atoms with Gasteiger partial charge in [-0.2, -0.15) is 0 Å². The lowest BCUT2D eigenvalue weighted by Gasteiger charge is -2.14. The van der Waals surface area contributed by atoms with Crippen LogP contribution in [0.4, 0.5) is 0 Å². The van der Waals surface area contributed by atoms with Crippen LogP contribution in [0.3, 0.4) is 0 Å². The van der Waals surface area contributed by atoms with E-state index in [4.69, 9.17) is 4.55 Å². The van der Waals surface area contributed by atoms with Crippen molar-refractivity contribution in [2.24, 2.45) is 0 Å². The summed E-state index contributed by atoms with van der Waals surface area (Å²) in [6, 6.07) is 13.4. The highest BCUT2D eigenvalue weighted by molar-refractivity contribution is 7.79. The van der Waals surface area contributed by atoms with Gasteiger partial charge in [-0.05, 0) is 29.8 Å². The summed E-state index contributed by atoms with van der Waals surface area (Å²) >= 11 is -2.12. The minimum atomic E-state index is -2.12. The van der Waals surface area contributed by atoms with Gasteiger partial charge in [-0.1, -0.05) is 30.3 Å². The van der Waals surface area contributed by atoms with Gasteiger partial charge in [0, 0.05) is 12.0 Å². The average Bonchev–Trinajstić information content (AvgIpc) is 2.55. The number of benzene rings is 2. The SMILES string of the molecule is O=C(N[C@@H](Cc1ccccc1)C(=O)O)c1ccc(S(=O)O)cc1. The van der Waals surface area contributed by atoms with Gasteiger partial charge >= 0.3 is 5.97 Å². The van der Waals surface area contributed by atoms with Crippen LogP contribution < -0.4 is 5.32 Å². The van der Waals surface area contributed by atoms with Crippen LogP contribution in [0.15, 0.2) is 59.5 Å². The Hall–Kier alpha value is -2.51. The molecule has 0 saturated heterocycles. The number of amides is 1. The van der Waals surface area contributed by atoms with Gasteiger partial charge in [0.05, 0.1) is 4.90 Å². The minimum absolute atomic E-state index is 0.167. The highest BCUT2D eigenvalue weighted by Gasteiger charge is 2.21. The van der Waals surface area contributed by atoms with Gasteiger partial charge in [0.15, 0.2) is 11.1 Å². The van der Waals surface area contributed by atoms with Crippen molar-refractivity contribution in [2.75, 3.05) is 0 Å². The first-order valence-electron chi connectivity index (χ1n) is 6.76. The van der Waals surface area contributed by atoms with E-state index in [0.717, 1.165) is 5.56 Å². The van der Waals surface area contributed by atoms with Crippen LogP contribution in [-0.4, -0.2) is 31.8 Å². The summed E-state index contributed by atoms with van der Waals surface area (Å²) in [6.07, 6.45) is 0.167. The van der Waals surface area contributed by atoms with E-state index in [1.807, 2.05) is 6.07 Å². The lowest BCUT2D eigenvalue weighted by atomic mass is 10.1. The second-order valence-electron chi connectivity index (χ2n) is 4.83. The van der Waals surface area contributed by atoms with E-state index in [-0.39, 0.29) is 16.9 Å². The molecule has 0 heterocycles. The van der Waals surface area contributed by atoms with Crippen molar-refractivity contribution < 1.29 is 23.5 Å². The van der Waals surface area contributed by atoms with Crippen LogP contribution in [0, 0.1) is 0 Å². The Kier molecular flexibility index (Phi) is 5.61. The van der Waals surface area contributed by atoms with E-state index in [0.29, 0.717) is 0 Å². The number of rotatable bonds is 6. The smallest absolute Gasteiger partial charge is 0.326 e. The molecule has 2 rings (SSSR count). The zero-order valence-corrected chi connectivity index (χ0v) is 12.8. The highest BCUT2D eigenvalue weighted by atomic mass is 32.2. The number of aliphatic carboxylic acids is 1. The molecular weight excluding hydrogens is 318 g/mol. The first kappa shape index (κ1) is 16.9. The van der Waals surface area contributed by atoms with Crippen molar-refractivity contribution in [1.29, 1.82) is 0 Å². The van der Waals surface area contributed by atoms with Crippen molar-refractivity contribution in [2.45, 2.75) is 17.4 Å². The maximum Gasteiger partial charge on any atom is 0.326 e. The number of carboxylic acid groups (broad SMARTS) is 1. The molecule has 0 spiro atoms. The summed E-state index contributed by atoms with van der Waals surface area (Å²) in [5.41, 5.74) is 1.02. The van der Waals surface area contributed by atoms with E-state index in [1.165, 1.54) is 24.3 Å². The molecule has 0 fully saturated rings. The van der Waals surface area contributed by atoms with Gasteiger partial charge in [0.1, 0.15) is 6.04 Å². The third-order valence-corrected chi connectivity index (χ3v) is 3.88. The first-order valence-corrected chi connectivity index (χ1v) is 7.86. The van der Waals surface area contributed by atoms with Gasteiger partial charge in [-0.15, -0.1) is 0 Å². The fraction of sp³-hybridized carbons (Fsp3) is 0.125. The van der Waals surface area contributed by atoms with E-state index in [2.05, 4.69) is 5.32 Å². The van der Waals surface area contributed by atoms with Gasteiger partial charge in [-0.25, -0.2) is 9.00 Å². The first-order chi connectivity index (χ1) is 11.0. The van der Waals surface area contributed by atoms with E-state index >= 15 is 0 Å². The topological polar surface area (TPSA) is 104 Å². The van der Waals surface area contributed by atoms with Gasteiger partial charge in [0.2, 0.25) is 0 Å². The molecule has 0 radical (unpaired) electrons. The Labute approximate surface area is 135 Å². The summed E-state index contributed by atoms with van der Waals surface area (Å²) in [7, 11) is 0. The number of carboxylic acids is 1. The van der Waals surface area contributed by atoms with Gasteiger partial charge < -0.3 is 15.0 Å². The summed E-state index contributed by atoms with van der Waals surface area (Å²) in [4.78, 5) is 23.6. The fourth-order valence-corrected chi connectivity index (χ4v) is 2.38. The molecule has 6 nitrogen and oxygen atoms in total. The Bertz CT molecular complexity index is 715. The summed E-state index contributed by atoms with van der Waals surface area (Å²) < 4.78 is 19.8. The minimum Gasteiger partial charge on any atom is -0.480 e. The summed E-state index contributed by atoms with van der Waals surface area (Å²) in [5.74, 6) is -1.68. The van der Waals surface area contributed by atoms with Crippen molar-refractivity contribution in [3.8, 4) is 0 Å². The molecule has 0 aliphatic carbocycles. The molecule has 0 saturated carbocycles. The second kappa shape index (κ2) is 7.66. The molecule has 2 aromatic rings. The summed E-state index contributed by atoms with van der Waals surface area (Å²) in [6.45, 7) is 0. The lowest BCUT2D eigenvalue weighted by Crippen LogP contribution is -2.42. The molecule has 120 valence electrons. The monoisotopic (exact) mass is 333 g/mol. The number of hydrogen-bond donors (Lipinski definition) is 3. The van der Waals surface area contributed by atoms with Crippen molar-refractivity contribution in [3.05, 3.63) is 65.7 Å². The molecular formula is C16H15NO5S. The van der Waals surface area contributed by atoms with Crippen LogP contribution >= 0.6 is 0 Å². The Morgan fingerprint density at radius 1 is 1.04 bits per heavy atom. The molecule has 1 amide bonds. The van der Waals surface area contributed by atoms with Crippen LogP contribution in [-0.2, 0) is 22.3 Å². The lowest BCUT2D eigenvalue weighted by molar-refractivity contribution is -0.139. The van der Waals surface area contributed by atoms with Crippen LogP contribution in [0.5, 0.6) is 0 Å². The van der Waals surface area contributed by atoms with Gasteiger partial charge in [-0.3, -0.25) is 4.79 Å². The standard InChI is InChI=1S/C16H15NO5S/c18-15(12-6-8-13(9-7-12)23(21)22)17-14(16(19)20)10-11-4-2-1-3-5-11/h1-9,14H,10H2,(H,17,18)(H,19,20)(H,21,22)/t14-/m0/s1. The number of carbonyl (C=O) groups excluding carboxylic acids is 1. The van der Waals surface area contributed by atoms with E-state index < -0.39 is 29.0 Å². The molecule has 23 heavy (non-hydrogen) atoms. The second-order valence-corrected chi connectivity index (χ2v) is 5.80. The summed E-state index contributed by atoms with van der Waals surface area (Å²) in [5, 5.41) is 11.7. The molecule has 7 heteroatoms. The third kappa shape index (κ3) is 4.73. The quantitative estimate of drug-likeness (QED) is 0.698. The molecule has 0 aliphatic rings. The van der Waals surface area contributed by atoms with E-state index in [9.17, 15) is 18.9 Å². The molecule has 0 bridgehead atoms.